The lowest BCUT2D eigenvalue weighted by atomic mass is 10.1. The normalized spacial score (nSPS) is 11.7. The molecule has 0 bridgehead atoms. The van der Waals surface area contributed by atoms with E-state index in [0.29, 0.717) is 5.16 Å². The van der Waals surface area contributed by atoms with Gasteiger partial charge in [0.25, 0.3) is 5.91 Å². The molecule has 0 radical (unpaired) electrons. The van der Waals surface area contributed by atoms with Crippen LogP contribution in [0.25, 0.3) is 0 Å². The number of nitrogens with zero attached hydrogens (tertiary/aromatic N) is 2. The van der Waals surface area contributed by atoms with Gasteiger partial charge >= 0.3 is 5.97 Å². The van der Waals surface area contributed by atoms with E-state index in [2.05, 4.69) is 15.3 Å². The Morgan fingerprint density at radius 1 is 1.52 bits per heavy atom. The summed E-state index contributed by atoms with van der Waals surface area (Å²) in [5, 5.41) is 11.6. The fraction of sp³-hybridized carbons (Fsp3) is 0.364. The molecule has 2 amide bonds. The van der Waals surface area contributed by atoms with E-state index in [1.165, 1.54) is 18.0 Å². The molecule has 114 valence electrons. The average Bonchev–Trinajstić information content (AvgIpc) is 2.43. The molecular formula is C11H13ClN4O4S. The zero-order chi connectivity index (χ0) is 16.0. The number of rotatable bonds is 7. The Hall–Kier alpha value is -1.87. The molecule has 0 aliphatic heterocycles. The molecule has 0 aliphatic carbocycles. The summed E-state index contributed by atoms with van der Waals surface area (Å²) in [6, 6.07) is -1.26. The van der Waals surface area contributed by atoms with Gasteiger partial charge in [-0.3, -0.25) is 9.59 Å². The van der Waals surface area contributed by atoms with Crippen LogP contribution in [0.2, 0.25) is 5.02 Å². The van der Waals surface area contributed by atoms with Crippen LogP contribution in [0.3, 0.4) is 0 Å². The Bertz CT molecular complexity index is 569. The standard InChI is InChI=1S/C11H13ClN4O4S/c1-21-11-14-4-5(12)8(16-11)9(18)15-6(10(19)20)2-3-7(13)17/h4,6H,2-3H2,1H3,(H2,13,17)(H,15,18)(H,19,20). The number of carboxylic acid groups (broad SMARTS) is 1. The minimum atomic E-state index is -1.28. The molecule has 0 fully saturated rings. The molecule has 1 heterocycles. The topological polar surface area (TPSA) is 135 Å². The second-order valence-corrected chi connectivity index (χ2v) is 5.10. The molecule has 1 unspecified atom stereocenters. The van der Waals surface area contributed by atoms with E-state index in [1.54, 1.807) is 6.26 Å². The number of aromatic nitrogens is 2. The molecule has 1 atom stereocenters. The van der Waals surface area contributed by atoms with Crippen molar-refractivity contribution in [3.8, 4) is 0 Å². The number of halogens is 1. The van der Waals surface area contributed by atoms with E-state index in [1.807, 2.05) is 0 Å². The Labute approximate surface area is 129 Å². The minimum absolute atomic E-state index is 0.00402. The van der Waals surface area contributed by atoms with Gasteiger partial charge in [-0.2, -0.15) is 0 Å². The molecule has 8 nitrogen and oxygen atoms in total. The number of nitrogens with two attached hydrogens (primary N) is 1. The summed E-state index contributed by atoms with van der Waals surface area (Å²) in [7, 11) is 0. The number of primary amides is 1. The van der Waals surface area contributed by atoms with E-state index >= 15 is 0 Å². The lowest BCUT2D eigenvalue weighted by molar-refractivity contribution is -0.139. The predicted molar refractivity (Wildman–Crippen MR) is 76.1 cm³/mol. The van der Waals surface area contributed by atoms with E-state index in [9.17, 15) is 14.4 Å². The highest BCUT2D eigenvalue weighted by Crippen LogP contribution is 2.16. The van der Waals surface area contributed by atoms with Crippen LogP contribution in [0.5, 0.6) is 0 Å². The molecular weight excluding hydrogens is 320 g/mol. The number of aliphatic carboxylic acids is 1. The van der Waals surface area contributed by atoms with Crippen LogP contribution in [0.1, 0.15) is 23.3 Å². The monoisotopic (exact) mass is 332 g/mol. The third-order valence-electron chi connectivity index (χ3n) is 2.40. The van der Waals surface area contributed by atoms with E-state index < -0.39 is 23.8 Å². The number of hydrogen-bond acceptors (Lipinski definition) is 6. The van der Waals surface area contributed by atoms with Crippen molar-refractivity contribution in [1.82, 2.24) is 15.3 Å². The maximum Gasteiger partial charge on any atom is 0.326 e. The van der Waals surface area contributed by atoms with Crippen molar-refractivity contribution in [3.05, 3.63) is 16.9 Å². The second-order valence-electron chi connectivity index (χ2n) is 3.92. The summed E-state index contributed by atoms with van der Waals surface area (Å²) in [5.74, 6) is -2.69. The van der Waals surface area contributed by atoms with Gasteiger partial charge in [0.05, 0.1) is 11.2 Å². The lowest BCUT2D eigenvalue weighted by Crippen LogP contribution is -2.41. The van der Waals surface area contributed by atoms with Gasteiger partial charge in [-0.05, 0) is 12.7 Å². The van der Waals surface area contributed by atoms with Gasteiger partial charge in [0.2, 0.25) is 5.91 Å². The van der Waals surface area contributed by atoms with Crippen molar-refractivity contribution in [2.24, 2.45) is 5.73 Å². The van der Waals surface area contributed by atoms with Crippen LogP contribution in [-0.4, -0.2) is 45.2 Å². The van der Waals surface area contributed by atoms with E-state index in [-0.39, 0.29) is 23.6 Å². The molecule has 4 N–H and O–H groups in total. The number of amides is 2. The molecule has 1 rings (SSSR count). The van der Waals surface area contributed by atoms with Gasteiger partial charge in [-0.15, -0.1) is 0 Å². The van der Waals surface area contributed by atoms with Gasteiger partial charge in [0.15, 0.2) is 10.9 Å². The molecule has 1 aromatic rings. The summed E-state index contributed by atoms with van der Waals surface area (Å²) in [6.07, 6.45) is 2.70. The Kier molecular flexibility index (Phi) is 6.38. The fourth-order valence-corrected chi connectivity index (χ4v) is 1.90. The molecule has 0 aliphatic rings. The van der Waals surface area contributed by atoms with Crippen molar-refractivity contribution in [3.63, 3.8) is 0 Å². The zero-order valence-electron chi connectivity index (χ0n) is 11.0. The largest absolute Gasteiger partial charge is 0.480 e. The first-order chi connectivity index (χ1) is 9.85. The quantitative estimate of drug-likeness (QED) is 0.482. The minimum Gasteiger partial charge on any atom is -0.480 e. The van der Waals surface area contributed by atoms with Crippen LogP contribution in [0, 0.1) is 0 Å². The smallest absolute Gasteiger partial charge is 0.326 e. The summed E-state index contributed by atoms with van der Waals surface area (Å²) >= 11 is 7.03. The Balaban J connectivity index is 2.86. The molecule has 0 saturated heterocycles. The predicted octanol–water partition coefficient (Wildman–Crippen LogP) is 0.300. The van der Waals surface area contributed by atoms with Gasteiger partial charge in [-0.25, -0.2) is 14.8 Å². The first-order valence-corrected chi connectivity index (χ1v) is 7.34. The maximum absolute atomic E-state index is 12.0. The third kappa shape index (κ3) is 5.20. The molecule has 0 aromatic carbocycles. The summed E-state index contributed by atoms with van der Waals surface area (Å²) < 4.78 is 0. The van der Waals surface area contributed by atoms with Crippen molar-refractivity contribution >= 4 is 41.1 Å². The highest BCUT2D eigenvalue weighted by Gasteiger charge is 2.23. The summed E-state index contributed by atoms with van der Waals surface area (Å²) in [5.41, 5.74) is 4.83. The zero-order valence-corrected chi connectivity index (χ0v) is 12.6. The molecule has 21 heavy (non-hydrogen) atoms. The van der Waals surface area contributed by atoms with Crippen molar-refractivity contribution < 1.29 is 19.5 Å². The number of carbonyl (C=O) groups is 3. The fourth-order valence-electron chi connectivity index (χ4n) is 1.38. The molecule has 10 heteroatoms. The Morgan fingerprint density at radius 2 is 2.19 bits per heavy atom. The first-order valence-electron chi connectivity index (χ1n) is 5.73. The molecule has 0 spiro atoms. The number of nitrogens with one attached hydrogen (secondary N) is 1. The van der Waals surface area contributed by atoms with Crippen LogP contribution >= 0.6 is 23.4 Å². The summed E-state index contributed by atoms with van der Waals surface area (Å²) in [4.78, 5) is 41.6. The van der Waals surface area contributed by atoms with Gasteiger partial charge in [-0.1, -0.05) is 23.4 Å². The second kappa shape index (κ2) is 7.79. The third-order valence-corrected chi connectivity index (χ3v) is 3.24. The summed E-state index contributed by atoms with van der Waals surface area (Å²) in [6.45, 7) is 0. The first kappa shape index (κ1) is 17.2. The van der Waals surface area contributed by atoms with E-state index in [4.69, 9.17) is 22.4 Å². The number of hydrogen-bond donors (Lipinski definition) is 3. The van der Waals surface area contributed by atoms with Crippen molar-refractivity contribution in [2.75, 3.05) is 6.26 Å². The van der Waals surface area contributed by atoms with Crippen LogP contribution in [-0.2, 0) is 9.59 Å². The Morgan fingerprint density at radius 3 is 2.71 bits per heavy atom. The van der Waals surface area contributed by atoms with Crippen LogP contribution in [0.15, 0.2) is 11.4 Å². The lowest BCUT2D eigenvalue weighted by Gasteiger charge is -2.14. The van der Waals surface area contributed by atoms with Gasteiger partial charge in [0.1, 0.15) is 6.04 Å². The highest BCUT2D eigenvalue weighted by molar-refractivity contribution is 7.98. The van der Waals surface area contributed by atoms with E-state index in [0.717, 1.165) is 0 Å². The van der Waals surface area contributed by atoms with Crippen LogP contribution in [0.4, 0.5) is 0 Å². The van der Waals surface area contributed by atoms with Gasteiger partial charge < -0.3 is 16.2 Å². The molecule has 1 aromatic heterocycles. The SMILES string of the molecule is CSc1ncc(Cl)c(C(=O)NC(CCC(N)=O)C(=O)O)n1. The van der Waals surface area contributed by atoms with Crippen molar-refractivity contribution in [2.45, 2.75) is 24.0 Å². The van der Waals surface area contributed by atoms with Crippen LogP contribution < -0.4 is 11.1 Å². The molecule has 0 saturated carbocycles. The van der Waals surface area contributed by atoms with Crippen molar-refractivity contribution in [1.29, 1.82) is 0 Å². The van der Waals surface area contributed by atoms with Gasteiger partial charge in [0, 0.05) is 6.42 Å². The average molecular weight is 333 g/mol. The number of thioether (sulfide) groups is 1. The maximum atomic E-state index is 12.0. The number of carboxylic acids is 1. The highest BCUT2D eigenvalue weighted by atomic mass is 35.5. The number of carbonyl (C=O) groups excluding carboxylic acids is 2.